The van der Waals surface area contributed by atoms with Crippen molar-refractivity contribution in [1.29, 1.82) is 0 Å². The Hall–Kier alpha value is -3.51. The summed E-state index contributed by atoms with van der Waals surface area (Å²) in [6.07, 6.45) is 12.9. The highest BCUT2D eigenvalue weighted by Crippen LogP contribution is 2.28. The molecule has 0 aliphatic carbocycles. The molecule has 5 rings (SSSR count). The fraction of sp³-hybridized carbons (Fsp3) is 0.269. The Balaban J connectivity index is 1.42. The van der Waals surface area contributed by atoms with Crippen LogP contribution in [0, 0.1) is 6.92 Å². The highest BCUT2D eigenvalue weighted by molar-refractivity contribution is 6.13. The zero-order valence-electron chi connectivity index (χ0n) is 18.3. The Bertz CT molecular complexity index is 1260. The summed E-state index contributed by atoms with van der Waals surface area (Å²) in [4.78, 5) is 27.3. The van der Waals surface area contributed by atoms with Gasteiger partial charge in [-0.05, 0) is 73.8 Å². The molecule has 162 valence electrons. The van der Waals surface area contributed by atoms with E-state index in [1.165, 1.54) is 24.8 Å². The number of piperidine rings is 1. The summed E-state index contributed by atoms with van der Waals surface area (Å²) in [6, 6.07) is 10.3. The van der Waals surface area contributed by atoms with E-state index in [0.717, 1.165) is 52.9 Å². The number of amides is 1. The van der Waals surface area contributed by atoms with Crippen LogP contribution in [0.1, 0.15) is 40.7 Å². The molecule has 3 aromatic heterocycles. The third kappa shape index (κ3) is 4.27. The van der Waals surface area contributed by atoms with Gasteiger partial charge in [0.05, 0.1) is 17.4 Å². The Morgan fingerprint density at radius 3 is 2.75 bits per heavy atom. The van der Waals surface area contributed by atoms with E-state index in [4.69, 9.17) is 0 Å². The maximum absolute atomic E-state index is 13.0. The quantitative estimate of drug-likeness (QED) is 0.463. The number of carbonyl (C=O) groups is 1. The van der Waals surface area contributed by atoms with Gasteiger partial charge in [0.1, 0.15) is 0 Å². The number of anilines is 1. The van der Waals surface area contributed by atoms with E-state index in [2.05, 4.69) is 43.4 Å². The van der Waals surface area contributed by atoms with Crippen LogP contribution in [0.4, 0.5) is 5.69 Å². The Morgan fingerprint density at radius 2 is 1.91 bits per heavy atom. The smallest absolute Gasteiger partial charge is 0.257 e. The van der Waals surface area contributed by atoms with Crippen molar-refractivity contribution in [2.24, 2.45) is 0 Å². The zero-order chi connectivity index (χ0) is 21.9. The van der Waals surface area contributed by atoms with Crippen molar-refractivity contribution in [2.75, 3.05) is 18.4 Å². The minimum absolute atomic E-state index is 0.151. The summed E-state index contributed by atoms with van der Waals surface area (Å²) in [7, 11) is 0. The van der Waals surface area contributed by atoms with Crippen LogP contribution in [0.15, 0.2) is 61.3 Å². The van der Waals surface area contributed by atoms with Gasteiger partial charge in [-0.25, -0.2) is 0 Å². The van der Waals surface area contributed by atoms with E-state index in [1.54, 1.807) is 18.6 Å². The van der Waals surface area contributed by atoms with Crippen LogP contribution in [-0.4, -0.2) is 38.8 Å². The topological polar surface area (TPSA) is 73.9 Å². The highest BCUT2D eigenvalue weighted by Gasteiger charge is 2.15. The van der Waals surface area contributed by atoms with Gasteiger partial charge in [-0.3, -0.25) is 19.7 Å². The van der Waals surface area contributed by atoms with Crippen molar-refractivity contribution < 1.29 is 4.79 Å². The second kappa shape index (κ2) is 8.93. The molecule has 6 nitrogen and oxygen atoms in total. The third-order valence-electron chi connectivity index (χ3n) is 6.20. The molecule has 2 N–H and O–H groups in total. The number of hydrogen-bond acceptors (Lipinski definition) is 4. The maximum Gasteiger partial charge on any atom is 0.257 e. The minimum Gasteiger partial charge on any atom is -0.360 e. The average molecular weight is 426 g/mol. The molecule has 0 saturated carbocycles. The second-order valence-electron chi connectivity index (χ2n) is 8.53. The number of fused-ring (bicyclic) bond motifs is 1. The monoisotopic (exact) mass is 425 g/mol. The average Bonchev–Trinajstić information content (AvgIpc) is 3.25. The number of H-pyrrole nitrogens is 1. The number of likely N-dealkylation sites (tertiary alicyclic amines) is 1. The molecule has 0 radical (unpaired) electrons. The number of benzene rings is 1. The number of pyridine rings is 2. The van der Waals surface area contributed by atoms with Gasteiger partial charge < -0.3 is 10.3 Å². The Labute approximate surface area is 187 Å². The molecule has 1 aliphatic rings. The predicted octanol–water partition coefficient (Wildman–Crippen LogP) is 5.17. The lowest BCUT2D eigenvalue weighted by Gasteiger charge is -2.26. The largest absolute Gasteiger partial charge is 0.360 e. The van der Waals surface area contributed by atoms with E-state index in [0.29, 0.717) is 5.56 Å². The lowest BCUT2D eigenvalue weighted by atomic mass is 10.0. The second-order valence-corrected chi connectivity index (χ2v) is 8.53. The van der Waals surface area contributed by atoms with E-state index >= 15 is 0 Å². The molecule has 0 bridgehead atoms. The number of nitrogens with one attached hydrogen (secondary N) is 2. The van der Waals surface area contributed by atoms with Crippen molar-refractivity contribution in [3.05, 3.63) is 78.0 Å². The summed E-state index contributed by atoms with van der Waals surface area (Å²) < 4.78 is 0. The molecule has 1 aliphatic heterocycles. The number of hydrogen-bond donors (Lipinski definition) is 2. The van der Waals surface area contributed by atoms with E-state index < -0.39 is 0 Å². The van der Waals surface area contributed by atoms with Gasteiger partial charge in [0.2, 0.25) is 0 Å². The third-order valence-corrected chi connectivity index (χ3v) is 6.20. The van der Waals surface area contributed by atoms with Gasteiger partial charge in [-0.2, -0.15) is 0 Å². The molecular formula is C26H27N5O. The number of carbonyl (C=O) groups excluding carboxylic acids is 1. The zero-order valence-corrected chi connectivity index (χ0v) is 18.3. The van der Waals surface area contributed by atoms with Crippen LogP contribution >= 0.6 is 0 Å². The van der Waals surface area contributed by atoms with Crippen LogP contribution in [0.25, 0.3) is 22.0 Å². The van der Waals surface area contributed by atoms with Crippen molar-refractivity contribution >= 4 is 22.5 Å². The van der Waals surface area contributed by atoms with E-state index in [9.17, 15) is 4.79 Å². The lowest BCUT2D eigenvalue weighted by molar-refractivity contribution is 0.102. The van der Waals surface area contributed by atoms with Crippen LogP contribution < -0.4 is 5.32 Å². The van der Waals surface area contributed by atoms with Crippen LogP contribution in [-0.2, 0) is 6.54 Å². The van der Waals surface area contributed by atoms with Gasteiger partial charge in [0.25, 0.3) is 5.91 Å². The first-order valence-corrected chi connectivity index (χ1v) is 11.2. The molecule has 1 saturated heterocycles. The van der Waals surface area contributed by atoms with E-state index in [1.807, 2.05) is 31.5 Å². The van der Waals surface area contributed by atoms with Crippen LogP contribution in [0.3, 0.4) is 0 Å². The molecule has 1 aromatic carbocycles. The molecule has 4 aromatic rings. The first-order valence-electron chi connectivity index (χ1n) is 11.2. The normalized spacial score (nSPS) is 14.5. The summed E-state index contributed by atoms with van der Waals surface area (Å²) in [5.74, 6) is -0.151. The van der Waals surface area contributed by atoms with Gasteiger partial charge in [0.15, 0.2) is 0 Å². The predicted molar refractivity (Wildman–Crippen MR) is 128 cm³/mol. The van der Waals surface area contributed by atoms with Crippen molar-refractivity contribution in [1.82, 2.24) is 19.9 Å². The standard InChI is InChI=1S/C26H27N5O/c1-18-7-8-27-16-25(18)30-26(32)23-15-29-24-6-5-20(12-22(23)24)21-11-19(13-28-14-21)17-31-9-3-2-4-10-31/h5-8,11-16,29H,2-4,9-10,17H2,1H3,(H,30,32). The number of aryl methyl sites for hydroxylation is 1. The first kappa shape index (κ1) is 20.4. The molecule has 6 heteroatoms. The molecule has 0 spiro atoms. The number of aromatic nitrogens is 3. The highest BCUT2D eigenvalue weighted by atomic mass is 16.1. The fourth-order valence-corrected chi connectivity index (χ4v) is 4.38. The maximum atomic E-state index is 13.0. The number of aromatic amines is 1. The summed E-state index contributed by atoms with van der Waals surface area (Å²) in [5, 5.41) is 3.87. The van der Waals surface area contributed by atoms with Crippen molar-refractivity contribution in [2.45, 2.75) is 32.7 Å². The molecule has 0 atom stereocenters. The first-order chi connectivity index (χ1) is 15.7. The van der Waals surface area contributed by atoms with Crippen LogP contribution in [0.5, 0.6) is 0 Å². The molecular weight excluding hydrogens is 398 g/mol. The molecule has 32 heavy (non-hydrogen) atoms. The number of rotatable bonds is 5. The summed E-state index contributed by atoms with van der Waals surface area (Å²) >= 11 is 0. The number of nitrogens with zero attached hydrogens (tertiary/aromatic N) is 3. The SMILES string of the molecule is Cc1ccncc1NC(=O)c1c[nH]c2ccc(-c3cncc(CN4CCCCC4)c3)cc12. The Kier molecular flexibility index (Phi) is 5.69. The molecule has 4 heterocycles. The summed E-state index contributed by atoms with van der Waals surface area (Å²) in [6.45, 7) is 5.21. The molecule has 1 fully saturated rings. The van der Waals surface area contributed by atoms with Crippen molar-refractivity contribution in [3.8, 4) is 11.1 Å². The van der Waals surface area contributed by atoms with Gasteiger partial charge >= 0.3 is 0 Å². The summed E-state index contributed by atoms with van der Waals surface area (Å²) in [5.41, 5.74) is 6.59. The van der Waals surface area contributed by atoms with Gasteiger partial charge in [-0.15, -0.1) is 0 Å². The van der Waals surface area contributed by atoms with Gasteiger partial charge in [0, 0.05) is 47.8 Å². The van der Waals surface area contributed by atoms with E-state index in [-0.39, 0.29) is 5.91 Å². The van der Waals surface area contributed by atoms with Gasteiger partial charge in [-0.1, -0.05) is 12.5 Å². The lowest BCUT2D eigenvalue weighted by Crippen LogP contribution is -2.29. The Morgan fingerprint density at radius 1 is 1.03 bits per heavy atom. The van der Waals surface area contributed by atoms with Crippen LogP contribution in [0.2, 0.25) is 0 Å². The minimum atomic E-state index is -0.151. The fourth-order valence-electron chi connectivity index (χ4n) is 4.38. The van der Waals surface area contributed by atoms with Crippen molar-refractivity contribution in [3.63, 3.8) is 0 Å². The molecule has 1 amide bonds. The molecule has 0 unspecified atom stereocenters.